The summed E-state index contributed by atoms with van der Waals surface area (Å²) in [5, 5.41) is 0. The maximum Gasteiger partial charge on any atom is 0.222 e. The molecule has 1 aromatic carbocycles. The zero-order valence-electron chi connectivity index (χ0n) is 16.2. The van der Waals surface area contributed by atoms with Crippen LogP contribution in [0.2, 0.25) is 0 Å². The van der Waals surface area contributed by atoms with Gasteiger partial charge in [-0.1, -0.05) is 30.3 Å². The molecule has 5 rings (SSSR count). The van der Waals surface area contributed by atoms with Crippen LogP contribution >= 0.6 is 0 Å². The van der Waals surface area contributed by atoms with E-state index in [1.165, 1.54) is 18.4 Å². The Morgan fingerprint density at radius 2 is 1.93 bits per heavy atom. The molecule has 2 bridgehead atoms. The fourth-order valence-electron chi connectivity index (χ4n) is 4.91. The molecule has 5 heteroatoms. The van der Waals surface area contributed by atoms with Crippen molar-refractivity contribution in [3.8, 4) is 0 Å². The highest BCUT2D eigenvalue weighted by Gasteiger charge is 2.36. The number of benzene rings is 1. The number of nitrogens with zero attached hydrogens (tertiary/aromatic N) is 3. The second-order valence-electron chi connectivity index (χ2n) is 8.40. The van der Waals surface area contributed by atoms with Crippen molar-refractivity contribution in [1.82, 2.24) is 14.7 Å². The standard InChI is InChI=1S/C22H31N3O2/c26-21-8-4-12-23(21)13-5-9-22(27)25-16-19-10-11-20(17-25)24(15-19)14-18-6-2-1-3-7-18/h1-3,6-7,19-20H,4-5,8-17H2/t19-,20-/m1/s1. The van der Waals surface area contributed by atoms with E-state index in [0.717, 1.165) is 52.1 Å². The number of likely N-dealkylation sites (tertiary alicyclic amines) is 1. The van der Waals surface area contributed by atoms with E-state index in [1.807, 2.05) is 4.90 Å². The van der Waals surface area contributed by atoms with Gasteiger partial charge in [0.25, 0.3) is 0 Å². The molecule has 1 aromatic rings. The van der Waals surface area contributed by atoms with Gasteiger partial charge >= 0.3 is 0 Å². The molecule has 2 amide bonds. The average Bonchev–Trinajstić information content (AvgIpc) is 2.89. The lowest BCUT2D eigenvalue weighted by Crippen LogP contribution is -2.43. The molecule has 4 saturated heterocycles. The van der Waals surface area contributed by atoms with Gasteiger partial charge in [-0.25, -0.2) is 0 Å². The van der Waals surface area contributed by atoms with Crippen LogP contribution in [0.15, 0.2) is 30.3 Å². The van der Waals surface area contributed by atoms with Gasteiger partial charge in [0.15, 0.2) is 0 Å². The second kappa shape index (κ2) is 8.42. The molecule has 4 fully saturated rings. The SMILES string of the molecule is O=C1CCCN1CCCC(=O)N1C[C@@H]2CC[C@H](C1)N(Cc1ccccc1)C2. The molecule has 5 nitrogen and oxygen atoms in total. The number of hydrogen-bond donors (Lipinski definition) is 0. The zero-order valence-corrected chi connectivity index (χ0v) is 16.2. The first-order valence-corrected chi connectivity index (χ1v) is 10.5. The number of hydrogen-bond acceptors (Lipinski definition) is 3. The Morgan fingerprint density at radius 3 is 2.70 bits per heavy atom. The van der Waals surface area contributed by atoms with Crippen LogP contribution in [0.25, 0.3) is 0 Å². The summed E-state index contributed by atoms with van der Waals surface area (Å²) in [7, 11) is 0. The first kappa shape index (κ1) is 18.5. The first-order chi connectivity index (χ1) is 13.2. The molecule has 27 heavy (non-hydrogen) atoms. The number of amides is 2. The van der Waals surface area contributed by atoms with Crippen LogP contribution in [0.5, 0.6) is 0 Å². The van der Waals surface area contributed by atoms with E-state index >= 15 is 0 Å². The molecule has 4 aliphatic heterocycles. The minimum absolute atomic E-state index is 0.256. The molecule has 0 radical (unpaired) electrons. The lowest BCUT2D eigenvalue weighted by Gasteiger charge is -2.36. The summed E-state index contributed by atoms with van der Waals surface area (Å²) in [5.41, 5.74) is 1.36. The van der Waals surface area contributed by atoms with E-state index in [-0.39, 0.29) is 11.8 Å². The van der Waals surface area contributed by atoms with Gasteiger partial charge in [-0.05, 0) is 37.2 Å². The Balaban J connectivity index is 1.30. The van der Waals surface area contributed by atoms with Gasteiger partial charge < -0.3 is 9.80 Å². The lowest BCUT2D eigenvalue weighted by atomic mass is 9.94. The van der Waals surface area contributed by atoms with Crippen molar-refractivity contribution < 1.29 is 9.59 Å². The summed E-state index contributed by atoms with van der Waals surface area (Å²) < 4.78 is 0. The number of fused-ring (bicyclic) bond motifs is 4. The maximum atomic E-state index is 12.8. The van der Waals surface area contributed by atoms with E-state index in [2.05, 4.69) is 40.1 Å². The van der Waals surface area contributed by atoms with Crippen LogP contribution in [0.4, 0.5) is 0 Å². The molecule has 0 unspecified atom stereocenters. The van der Waals surface area contributed by atoms with Gasteiger partial charge in [0, 0.05) is 58.2 Å². The Hall–Kier alpha value is -1.88. The summed E-state index contributed by atoms with van der Waals surface area (Å²) >= 11 is 0. The quantitative estimate of drug-likeness (QED) is 0.774. The summed E-state index contributed by atoms with van der Waals surface area (Å²) in [5.74, 6) is 1.13. The van der Waals surface area contributed by atoms with Crippen molar-refractivity contribution in [2.75, 3.05) is 32.7 Å². The van der Waals surface area contributed by atoms with Crippen LogP contribution in [-0.2, 0) is 16.1 Å². The second-order valence-corrected chi connectivity index (χ2v) is 8.40. The van der Waals surface area contributed by atoms with Crippen molar-refractivity contribution in [2.45, 2.75) is 51.1 Å². The smallest absolute Gasteiger partial charge is 0.222 e. The molecule has 2 atom stereocenters. The van der Waals surface area contributed by atoms with Gasteiger partial charge in [-0.2, -0.15) is 0 Å². The van der Waals surface area contributed by atoms with Gasteiger partial charge in [0.1, 0.15) is 0 Å². The average molecular weight is 370 g/mol. The third-order valence-corrected chi connectivity index (χ3v) is 6.40. The predicted octanol–water partition coefficient (Wildman–Crippen LogP) is 2.51. The number of rotatable bonds is 6. The van der Waals surface area contributed by atoms with Crippen molar-refractivity contribution in [3.63, 3.8) is 0 Å². The molecular formula is C22H31N3O2. The highest BCUT2D eigenvalue weighted by Crippen LogP contribution is 2.29. The molecule has 0 aliphatic carbocycles. The number of piperidine rings is 1. The van der Waals surface area contributed by atoms with Crippen molar-refractivity contribution in [3.05, 3.63) is 35.9 Å². The summed E-state index contributed by atoms with van der Waals surface area (Å²) in [4.78, 5) is 31.1. The summed E-state index contributed by atoms with van der Waals surface area (Å²) in [6.07, 6.45) is 5.46. The van der Waals surface area contributed by atoms with Crippen LogP contribution < -0.4 is 0 Å². The van der Waals surface area contributed by atoms with Crippen LogP contribution in [-0.4, -0.2) is 65.3 Å². The Bertz CT molecular complexity index is 663. The fourth-order valence-corrected chi connectivity index (χ4v) is 4.91. The predicted molar refractivity (Wildman–Crippen MR) is 105 cm³/mol. The van der Waals surface area contributed by atoms with Crippen molar-refractivity contribution in [2.24, 2.45) is 5.92 Å². The monoisotopic (exact) mass is 369 g/mol. The molecule has 4 heterocycles. The third-order valence-electron chi connectivity index (χ3n) is 6.40. The minimum atomic E-state index is 0.256. The third kappa shape index (κ3) is 4.52. The van der Waals surface area contributed by atoms with E-state index in [1.54, 1.807) is 0 Å². The summed E-state index contributed by atoms with van der Waals surface area (Å²) in [6.45, 7) is 5.47. The fraction of sp³-hybridized carbons (Fsp3) is 0.636. The summed E-state index contributed by atoms with van der Waals surface area (Å²) in [6, 6.07) is 11.1. The normalized spacial score (nSPS) is 25.9. The highest BCUT2D eigenvalue weighted by molar-refractivity contribution is 5.78. The maximum absolute atomic E-state index is 12.8. The molecule has 0 N–H and O–H groups in total. The topological polar surface area (TPSA) is 43.9 Å². The minimum Gasteiger partial charge on any atom is -0.343 e. The van der Waals surface area contributed by atoms with E-state index in [9.17, 15) is 9.59 Å². The van der Waals surface area contributed by atoms with Gasteiger partial charge in [0.2, 0.25) is 11.8 Å². The molecule has 4 aliphatic rings. The van der Waals surface area contributed by atoms with E-state index < -0.39 is 0 Å². The molecule has 146 valence electrons. The zero-order chi connectivity index (χ0) is 18.6. The van der Waals surface area contributed by atoms with Gasteiger partial charge in [0.05, 0.1) is 0 Å². The first-order valence-electron chi connectivity index (χ1n) is 10.5. The van der Waals surface area contributed by atoms with Gasteiger partial charge in [-0.3, -0.25) is 14.5 Å². The van der Waals surface area contributed by atoms with Gasteiger partial charge in [-0.15, -0.1) is 0 Å². The van der Waals surface area contributed by atoms with Crippen LogP contribution in [0, 0.1) is 5.92 Å². The van der Waals surface area contributed by atoms with Crippen molar-refractivity contribution >= 4 is 11.8 Å². The van der Waals surface area contributed by atoms with E-state index in [0.29, 0.717) is 24.8 Å². The van der Waals surface area contributed by atoms with E-state index in [4.69, 9.17) is 0 Å². The molecule has 0 spiro atoms. The highest BCUT2D eigenvalue weighted by atomic mass is 16.2. The Morgan fingerprint density at radius 1 is 1.07 bits per heavy atom. The number of carbonyl (C=O) groups is 2. The molecule has 0 saturated carbocycles. The molecular weight excluding hydrogens is 338 g/mol. The largest absolute Gasteiger partial charge is 0.343 e. The van der Waals surface area contributed by atoms with Crippen LogP contribution in [0.3, 0.4) is 0 Å². The Labute approximate surface area is 162 Å². The van der Waals surface area contributed by atoms with Crippen molar-refractivity contribution in [1.29, 1.82) is 0 Å². The molecule has 0 aromatic heterocycles. The number of carbonyl (C=O) groups excluding carboxylic acids is 2. The lowest BCUT2D eigenvalue weighted by molar-refractivity contribution is -0.132. The van der Waals surface area contributed by atoms with Crippen LogP contribution in [0.1, 0.15) is 44.1 Å². The Kier molecular flexibility index (Phi) is 5.77.